The zero-order valence-electron chi connectivity index (χ0n) is 12.7. The maximum atomic E-state index is 4.26. The van der Waals surface area contributed by atoms with Gasteiger partial charge in [0.2, 0.25) is 0 Å². The van der Waals surface area contributed by atoms with Crippen LogP contribution in [-0.2, 0) is 6.54 Å². The maximum absolute atomic E-state index is 4.26. The number of nitrogens with zero attached hydrogens (tertiary/aromatic N) is 3. The van der Waals surface area contributed by atoms with Crippen LogP contribution in [0.5, 0.6) is 0 Å². The van der Waals surface area contributed by atoms with Gasteiger partial charge in [0.15, 0.2) is 0 Å². The first-order valence-corrected chi connectivity index (χ1v) is 7.78. The maximum Gasteiger partial charge on any atom is 0.0660 e. The van der Waals surface area contributed by atoms with E-state index in [1.165, 1.54) is 37.2 Å². The Hall–Kier alpha value is -1.81. The Morgan fingerprint density at radius 2 is 2.10 bits per heavy atom. The molecule has 0 aliphatic carbocycles. The molecule has 21 heavy (non-hydrogen) atoms. The van der Waals surface area contributed by atoms with Crippen molar-refractivity contribution >= 4 is 5.69 Å². The van der Waals surface area contributed by atoms with Gasteiger partial charge >= 0.3 is 0 Å². The molecule has 3 rings (SSSR count). The van der Waals surface area contributed by atoms with Crippen LogP contribution in [0.3, 0.4) is 0 Å². The summed E-state index contributed by atoms with van der Waals surface area (Å²) in [6.45, 7) is 4.37. The molecular formula is C17H24N4. The van der Waals surface area contributed by atoms with Gasteiger partial charge in [-0.05, 0) is 62.7 Å². The Balaban J connectivity index is 1.53. The molecule has 0 saturated carbocycles. The first-order valence-electron chi connectivity index (χ1n) is 7.78. The van der Waals surface area contributed by atoms with Gasteiger partial charge in [-0.25, -0.2) is 0 Å². The van der Waals surface area contributed by atoms with Crippen LogP contribution in [-0.4, -0.2) is 41.4 Å². The molecule has 0 spiro atoms. The van der Waals surface area contributed by atoms with E-state index in [4.69, 9.17) is 0 Å². The minimum absolute atomic E-state index is 0.802. The number of benzene rings is 1. The van der Waals surface area contributed by atoms with E-state index in [1.807, 2.05) is 23.1 Å². The van der Waals surface area contributed by atoms with Crippen LogP contribution < -0.4 is 5.32 Å². The van der Waals surface area contributed by atoms with Gasteiger partial charge in [-0.15, -0.1) is 0 Å². The monoisotopic (exact) mass is 284 g/mol. The first kappa shape index (κ1) is 14.1. The van der Waals surface area contributed by atoms with Crippen LogP contribution in [0.15, 0.2) is 42.7 Å². The minimum atomic E-state index is 0.802. The smallest absolute Gasteiger partial charge is 0.0660 e. The highest BCUT2D eigenvalue weighted by Crippen LogP contribution is 2.18. The SMILES string of the molecule is CN1CCC(CNc2cccc(Cn3cccn3)c2)CC1. The molecule has 1 saturated heterocycles. The van der Waals surface area contributed by atoms with Gasteiger partial charge in [0, 0.05) is 24.6 Å². The molecule has 2 heterocycles. The van der Waals surface area contributed by atoms with Crippen molar-refractivity contribution in [3.05, 3.63) is 48.3 Å². The van der Waals surface area contributed by atoms with Crippen LogP contribution in [0.1, 0.15) is 18.4 Å². The van der Waals surface area contributed by atoms with Crippen molar-refractivity contribution in [2.24, 2.45) is 5.92 Å². The summed E-state index contributed by atoms with van der Waals surface area (Å²) in [4.78, 5) is 2.42. The van der Waals surface area contributed by atoms with Crippen molar-refractivity contribution in [2.45, 2.75) is 19.4 Å². The highest BCUT2D eigenvalue weighted by molar-refractivity contribution is 5.45. The number of nitrogens with one attached hydrogen (secondary N) is 1. The molecule has 1 aromatic carbocycles. The molecular weight excluding hydrogens is 260 g/mol. The summed E-state index contributed by atoms with van der Waals surface area (Å²) >= 11 is 0. The number of rotatable bonds is 5. The molecule has 1 aliphatic rings. The molecule has 4 heteroatoms. The van der Waals surface area contributed by atoms with E-state index in [2.05, 4.69) is 46.6 Å². The second-order valence-electron chi connectivity index (χ2n) is 6.03. The van der Waals surface area contributed by atoms with Gasteiger partial charge in [-0.2, -0.15) is 5.10 Å². The van der Waals surface area contributed by atoms with Crippen LogP contribution in [0, 0.1) is 5.92 Å². The second kappa shape index (κ2) is 6.76. The fraction of sp³-hybridized carbons (Fsp3) is 0.471. The molecule has 0 bridgehead atoms. The molecule has 112 valence electrons. The normalized spacial score (nSPS) is 17.0. The molecule has 0 unspecified atom stereocenters. The summed E-state index contributed by atoms with van der Waals surface area (Å²) in [7, 11) is 2.21. The van der Waals surface area contributed by atoms with Crippen molar-refractivity contribution < 1.29 is 0 Å². The first-order chi connectivity index (χ1) is 10.3. The molecule has 2 aromatic rings. The van der Waals surface area contributed by atoms with Crippen LogP contribution in [0.2, 0.25) is 0 Å². The number of piperidine rings is 1. The largest absolute Gasteiger partial charge is 0.385 e. The highest BCUT2D eigenvalue weighted by Gasteiger charge is 2.16. The van der Waals surface area contributed by atoms with Crippen molar-refractivity contribution in [2.75, 3.05) is 32.0 Å². The molecule has 1 aromatic heterocycles. The number of hydrogen-bond donors (Lipinski definition) is 1. The quantitative estimate of drug-likeness (QED) is 0.916. The van der Waals surface area contributed by atoms with E-state index in [0.29, 0.717) is 0 Å². The van der Waals surface area contributed by atoms with Gasteiger partial charge in [-0.3, -0.25) is 4.68 Å². The molecule has 1 fully saturated rings. The van der Waals surface area contributed by atoms with Crippen molar-refractivity contribution in [1.29, 1.82) is 0 Å². The Morgan fingerprint density at radius 3 is 2.86 bits per heavy atom. The molecule has 1 N–H and O–H groups in total. The summed E-state index contributed by atoms with van der Waals surface area (Å²) in [6, 6.07) is 10.6. The Labute approximate surface area is 126 Å². The zero-order valence-corrected chi connectivity index (χ0v) is 12.7. The predicted octanol–water partition coefficient (Wildman–Crippen LogP) is 2.69. The predicted molar refractivity (Wildman–Crippen MR) is 86.5 cm³/mol. The third kappa shape index (κ3) is 4.08. The number of anilines is 1. The second-order valence-corrected chi connectivity index (χ2v) is 6.03. The lowest BCUT2D eigenvalue weighted by Gasteiger charge is -2.29. The van der Waals surface area contributed by atoms with E-state index in [0.717, 1.165) is 19.0 Å². The summed E-state index contributed by atoms with van der Waals surface area (Å²) in [5.74, 6) is 0.802. The third-order valence-corrected chi connectivity index (χ3v) is 4.26. The summed E-state index contributed by atoms with van der Waals surface area (Å²) < 4.78 is 1.95. The lowest BCUT2D eigenvalue weighted by Crippen LogP contribution is -2.32. The van der Waals surface area contributed by atoms with Crippen LogP contribution in [0.25, 0.3) is 0 Å². The summed E-state index contributed by atoms with van der Waals surface area (Å²) in [5.41, 5.74) is 2.51. The summed E-state index contributed by atoms with van der Waals surface area (Å²) in [5, 5.41) is 7.86. The highest BCUT2D eigenvalue weighted by atomic mass is 15.3. The van der Waals surface area contributed by atoms with Crippen molar-refractivity contribution in [3.63, 3.8) is 0 Å². The topological polar surface area (TPSA) is 33.1 Å². The molecule has 0 amide bonds. The average molecular weight is 284 g/mol. The van der Waals surface area contributed by atoms with E-state index < -0.39 is 0 Å². The molecule has 1 aliphatic heterocycles. The average Bonchev–Trinajstić information content (AvgIpc) is 3.00. The van der Waals surface area contributed by atoms with E-state index in [-0.39, 0.29) is 0 Å². The summed E-state index contributed by atoms with van der Waals surface area (Å²) in [6.07, 6.45) is 6.42. The van der Waals surface area contributed by atoms with E-state index in [9.17, 15) is 0 Å². The molecule has 0 atom stereocenters. The lowest BCUT2D eigenvalue weighted by atomic mass is 9.97. The van der Waals surface area contributed by atoms with Gasteiger partial charge in [0.05, 0.1) is 6.54 Å². The van der Waals surface area contributed by atoms with Gasteiger partial charge in [0.1, 0.15) is 0 Å². The van der Waals surface area contributed by atoms with E-state index in [1.54, 1.807) is 0 Å². The lowest BCUT2D eigenvalue weighted by molar-refractivity contribution is 0.226. The number of aromatic nitrogens is 2. The standard InChI is InChI=1S/C17H24N4/c1-20-10-6-15(7-11-20)13-18-17-5-2-4-16(12-17)14-21-9-3-8-19-21/h2-5,8-9,12,15,18H,6-7,10-11,13-14H2,1H3. The fourth-order valence-electron chi connectivity index (χ4n) is 2.89. The fourth-order valence-corrected chi connectivity index (χ4v) is 2.89. The molecule has 4 nitrogen and oxygen atoms in total. The Kier molecular flexibility index (Phi) is 4.55. The van der Waals surface area contributed by atoms with Gasteiger partial charge in [-0.1, -0.05) is 12.1 Å². The Morgan fingerprint density at radius 1 is 1.24 bits per heavy atom. The van der Waals surface area contributed by atoms with Gasteiger partial charge < -0.3 is 10.2 Å². The van der Waals surface area contributed by atoms with E-state index >= 15 is 0 Å². The number of hydrogen-bond acceptors (Lipinski definition) is 3. The minimum Gasteiger partial charge on any atom is -0.385 e. The van der Waals surface area contributed by atoms with Crippen molar-refractivity contribution in [1.82, 2.24) is 14.7 Å². The zero-order chi connectivity index (χ0) is 14.5. The Bertz CT molecular complexity index is 542. The third-order valence-electron chi connectivity index (χ3n) is 4.26. The van der Waals surface area contributed by atoms with Crippen LogP contribution in [0.4, 0.5) is 5.69 Å². The van der Waals surface area contributed by atoms with Crippen molar-refractivity contribution in [3.8, 4) is 0 Å². The number of likely N-dealkylation sites (tertiary alicyclic amines) is 1. The molecule has 0 radical (unpaired) electrons. The van der Waals surface area contributed by atoms with Crippen LogP contribution >= 0.6 is 0 Å². The van der Waals surface area contributed by atoms with Gasteiger partial charge in [0.25, 0.3) is 0 Å².